The smallest absolute Gasteiger partial charge is 0.255 e. The predicted octanol–water partition coefficient (Wildman–Crippen LogP) is 4.32. The van der Waals surface area contributed by atoms with Crippen molar-refractivity contribution in [3.63, 3.8) is 0 Å². The summed E-state index contributed by atoms with van der Waals surface area (Å²) in [4.78, 5) is 12.8. The molecule has 2 aromatic rings. The maximum atomic E-state index is 13.0. The van der Waals surface area contributed by atoms with Crippen LogP contribution in [0.5, 0.6) is 0 Å². The molecule has 0 aliphatic carbocycles. The van der Waals surface area contributed by atoms with Crippen molar-refractivity contribution in [1.82, 2.24) is 4.31 Å². The number of sulfonamides is 1. The number of piperidine rings is 1. The number of halogens is 1. The average Bonchev–Trinajstić information content (AvgIpc) is 2.62. The molecule has 0 radical (unpaired) electrons. The summed E-state index contributed by atoms with van der Waals surface area (Å²) in [7, 11) is -3.61. The van der Waals surface area contributed by atoms with Crippen LogP contribution in [-0.2, 0) is 10.0 Å². The van der Waals surface area contributed by atoms with Crippen LogP contribution < -0.4 is 5.32 Å². The Morgan fingerprint density at radius 3 is 2.52 bits per heavy atom. The lowest BCUT2D eigenvalue weighted by molar-refractivity contribution is 0.102. The minimum absolute atomic E-state index is 0.152. The summed E-state index contributed by atoms with van der Waals surface area (Å²) in [6, 6.07) is 11.5. The number of rotatable bonds is 4. The lowest BCUT2D eigenvalue weighted by atomic mass is 10.0. The molecule has 0 atom stereocenters. The highest BCUT2D eigenvalue weighted by Gasteiger charge is 2.28. The molecular weight excluding hydrogens is 384 g/mol. The summed E-state index contributed by atoms with van der Waals surface area (Å²) in [5, 5.41) is 3.29. The van der Waals surface area contributed by atoms with Gasteiger partial charge < -0.3 is 5.32 Å². The summed E-state index contributed by atoms with van der Waals surface area (Å²) in [5.74, 6) is 0.174. The summed E-state index contributed by atoms with van der Waals surface area (Å²) in [6.45, 7) is 4.95. The van der Waals surface area contributed by atoms with Crippen molar-refractivity contribution in [3.05, 3.63) is 58.6 Å². The van der Waals surface area contributed by atoms with E-state index in [1.165, 1.54) is 10.4 Å². The zero-order valence-electron chi connectivity index (χ0n) is 15.4. The SMILES string of the molecule is Cc1ccc(S(=O)(=O)N2CCC(C)CC2)cc1C(=O)Nc1cccc(Cl)c1. The molecule has 2 aromatic carbocycles. The van der Waals surface area contributed by atoms with Gasteiger partial charge in [-0.1, -0.05) is 30.7 Å². The molecule has 1 aliphatic heterocycles. The number of nitrogens with one attached hydrogen (secondary N) is 1. The normalized spacial score (nSPS) is 16.3. The number of anilines is 1. The molecule has 0 unspecified atom stereocenters. The van der Waals surface area contributed by atoms with Gasteiger partial charge in [0, 0.05) is 29.4 Å². The molecule has 3 rings (SSSR count). The first-order chi connectivity index (χ1) is 12.8. The number of carbonyl (C=O) groups excluding carboxylic acids is 1. The minimum Gasteiger partial charge on any atom is -0.322 e. The molecule has 1 amide bonds. The van der Waals surface area contributed by atoms with Gasteiger partial charge in [0.2, 0.25) is 10.0 Å². The maximum absolute atomic E-state index is 13.0. The van der Waals surface area contributed by atoms with Gasteiger partial charge in [0.1, 0.15) is 0 Å². The van der Waals surface area contributed by atoms with E-state index in [0.29, 0.717) is 40.8 Å². The molecule has 1 N–H and O–H groups in total. The van der Waals surface area contributed by atoms with Gasteiger partial charge in [-0.3, -0.25) is 4.79 Å². The van der Waals surface area contributed by atoms with Crippen molar-refractivity contribution in [2.75, 3.05) is 18.4 Å². The van der Waals surface area contributed by atoms with E-state index in [4.69, 9.17) is 11.6 Å². The van der Waals surface area contributed by atoms with Gasteiger partial charge in [0.15, 0.2) is 0 Å². The van der Waals surface area contributed by atoms with E-state index in [9.17, 15) is 13.2 Å². The van der Waals surface area contributed by atoms with Crippen LogP contribution in [0.4, 0.5) is 5.69 Å². The second-order valence-corrected chi connectivity index (χ2v) is 9.40. The van der Waals surface area contributed by atoms with E-state index in [1.807, 2.05) is 0 Å². The Balaban J connectivity index is 1.86. The van der Waals surface area contributed by atoms with Crippen molar-refractivity contribution >= 4 is 33.2 Å². The van der Waals surface area contributed by atoms with Crippen LogP contribution in [0.15, 0.2) is 47.4 Å². The van der Waals surface area contributed by atoms with Crippen LogP contribution >= 0.6 is 11.6 Å². The molecule has 0 spiro atoms. The van der Waals surface area contributed by atoms with Gasteiger partial charge in [0.25, 0.3) is 5.91 Å². The summed E-state index contributed by atoms with van der Waals surface area (Å²) < 4.78 is 27.4. The van der Waals surface area contributed by atoms with Crippen LogP contribution in [0.1, 0.15) is 35.7 Å². The monoisotopic (exact) mass is 406 g/mol. The molecule has 5 nitrogen and oxygen atoms in total. The Morgan fingerprint density at radius 2 is 1.85 bits per heavy atom. The predicted molar refractivity (Wildman–Crippen MR) is 108 cm³/mol. The fourth-order valence-electron chi connectivity index (χ4n) is 3.15. The molecule has 1 fully saturated rings. The number of aryl methyl sites for hydroxylation is 1. The van der Waals surface area contributed by atoms with Crippen LogP contribution in [0.2, 0.25) is 5.02 Å². The molecule has 1 aliphatic rings. The van der Waals surface area contributed by atoms with E-state index in [0.717, 1.165) is 12.8 Å². The Hall–Kier alpha value is -1.89. The third kappa shape index (κ3) is 4.51. The molecule has 0 bridgehead atoms. The van der Waals surface area contributed by atoms with Gasteiger partial charge in [-0.25, -0.2) is 8.42 Å². The first kappa shape index (κ1) is 19.9. The van der Waals surface area contributed by atoms with Gasteiger partial charge in [-0.2, -0.15) is 4.31 Å². The van der Waals surface area contributed by atoms with E-state index < -0.39 is 10.0 Å². The Bertz CT molecular complexity index is 951. The first-order valence-electron chi connectivity index (χ1n) is 8.95. The summed E-state index contributed by atoms with van der Waals surface area (Å²) in [6.07, 6.45) is 1.71. The van der Waals surface area contributed by atoms with Crippen molar-refractivity contribution < 1.29 is 13.2 Å². The van der Waals surface area contributed by atoms with Crippen LogP contribution in [0.3, 0.4) is 0 Å². The van der Waals surface area contributed by atoms with Crippen LogP contribution in [-0.4, -0.2) is 31.7 Å². The van der Waals surface area contributed by atoms with Gasteiger partial charge >= 0.3 is 0 Å². The molecule has 0 aromatic heterocycles. The molecule has 144 valence electrons. The number of amides is 1. The Labute approximate surface area is 165 Å². The second kappa shape index (κ2) is 8.00. The molecule has 1 heterocycles. The molecule has 1 saturated heterocycles. The number of carbonyl (C=O) groups is 1. The summed E-state index contributed by atoms with van der Waals surface area (Å²) in [5.41, 5.74) is 1.60. The lowest BCUT2D eigenvalue weighted by Gasteiger charge is -2.29. The highest BCUT2D eigenvalue weighted by molar-refractivity contribution is 7.89. The number of hydrogen-bond donors (Lipinski definition) is 1. The highest BCUT2D eigenvalue weighted by atomic mass is 35.5. The van der Waals surface area contributed by atoms with Gasteiger partial charge in [-0.05, 0) is 61.6 Å². The van der Waals surface area contributed by atoms with Crippen molar-refractivity contribution in [2.24, 2.45) is 5.92 Å². The standard InChI is InChI=1S/C20H23ClN2O3S/c1-14-8-10-23(11-9-14)27(25,26)18-7-6-15(2)19(13-18)20(24)22-17-5-3-4-16(21)12-17/h3-7,12-14H,8-11H2,1-2H3,(H,22,24). The first-order valence-corrected chi connectivity index (χ1v) is 10.8. The Morgan fingerprint density at radius 1 is 1.15 bits per heavy atom. The third-order valence-electron chi connectivity index (χ3n) is 4.92. The number of hydrogen-bond acceptors (Lipinski definition) is 3. The largest absolute Gasteiger partial charge is 0.322 e. The zero-order valence-corrected chi connectivity index (χ0v) is 17.0. The topological polar surface area (TPSA) is 66.5 Å². The van der Waals surface area contributed by atoms with E-state index in [1.54, 1.807) is 43.3 Å². The van der Waals surface area contributed by atoms with E-state index in [2.05, 4.69) is 12.2 Å². The fourth-order valence-corrected chi connectivity index (χ4v) is 4.83. The third-order valence-corrected chi connectivity index (χ3v) is 7.05. The van der Waals surface area contributed by atoms with E-state index >= 15 is 0 Å². The quantitative estimate of drug-likeness (QED) is 0.822. The molecule has 0 saturated carbocycles. The highest BCUT2D eigenvalue weighted by Crippen LogP contribution is 2.25. The van der Waals surface area contributed by atoms with Crippen LogP contribution in [0, 0.1) is 12.8 Å². The molecule has 27 heavy (non-hydrogen) atoms. The van der Waals surface area contributed by atoms with Crippen LogP contribution in [0.25, 0.3) is 0 Å². The van der Waals surface area contributed by atoms with E-state index in [-0.39, 0.29) is 10.8 Å². The zero-order chi connectivity index (χ0) is 19.6. The number of benzene rings is 2. The van der Waals surface area contributed by atoms with Crippen molar-refractivity contribution in [3.8, 4) is 0 Å². The fraction of sp³-hybridized carbons (Fsp3) is 0.350. The van der Waals surface area contributed by atoms with Gasteiger partial charge in [0.05, 0.1) is 4.90 Å². The summed E-state index contributed by atoms with van der Waals surface area (Å²) >= 11 is 5.95. The second-order valence-electron chi connectivity index (χ2n) is 7.03. The maximum Gasteiger partial charge on any atom is 0.255 e. The Kier molecular flexibility index (Phi) is 5.89. The average molecular weight is 407 g/mol. The minimum atomic E-state index is -3.61. The lowest BCUT2D eigenvalue weighted by Crippen LogP contribution is -2.38. The van der Waals surface area contributed by atoms with Crippen molar-refractivity contribution in [2.45, 2.75) is 31.6 Å². The number of nitrogens with zero attached hydrogens (tertiary/aromatic N) is 1. The van der Waals surface area contributed by atoms with Gasteiger partial charge in [-0.15, -0.1) is 0 Å². The molecule has 7 heteroatoms. The molecular formula is C20H23ClN2O3S. The van der Waals surface area contributed by atoms with Crippen molar-refractivity contribution in [1.29, 1.82) is 0 Å².